The van der Waals surface area contributed by atoms with Gasteiger partial charge in [-0.2, -0.15) is 15.6 Å². The number of imide groups is 1. The van der Waals surface area contributed by atoms with E-state index >= 15 is 0 Å². The van der Waals surface area contributed by atoms with Crippen molar-refractivity contribution in [3.05, 3.63) is 92.9 Å². The van der Waals surface area contributed by atoms with Crippen LogP contribution in [0.25, 0.3) is 10.8 Å². The topological polar surface area (TPSA) is 177 Å². The number of anilines is 2. The number of nitriles is 2. The first-order chi connectivity index (χ1) is 29.2. The molecule has 1 atom stereocenters. The van der Waals surface area contributed by atoms with Crippen LogP contribution in [0.3, 0.4) is 0 Å². The predicted molar refractivity (Wildman–Crippen MR) is 232 cm³/mol. The Morgan fingerprint density at radius 2 is 1.52 bits per heavy atom. The van der Waals surface area contributed by atoms with Crippen LogP contribution in [0.4, 0.5) is 11.4 Å². The Balaban J connectivity index is 0.809. The van der Waals surface area contributed by atoms with E-state index in [1.54, 1.807) is 24.3 Å². The lowest BCUT2D eigenvalue weighted by Gasteiger charge is -2.63. The summed E-state index contributed by atoms with van der Waals surface area (Å²) in [7, 11) is 0. The molecule has 3 aromatic carbocycles. The largest absolute Gasteiger partial charge is 0.489 e. The maximum Gasteiger partial charge on any atom is 0.275 e. The van der Waals surface area contributed by atoms with E-state index in [0.717, 1.165) is 74.7 Å². The number of hydrogen-bond donors (Lipinski definition) is 2. The van der Waals surface area contributed by atoms with Gasteiger partial charge in [-0.15, -0.1) is 0 Å². The molecule has 15 heteroatoms. The minimum atomic E-state index is -0.937. The Kier molecular flexibility index (Phi) is 11.3. The summed E-state index contributed by atoms with van der Waals surface area (Å²) in [4.78, 5) is 58.2. The molecule has 4 fully saturated rings. The number of piperidine rings is 2. The number of piperazine rings is 1. The van der Waals surface area contributed by atoms with Gasteiger partial charge in [0.25, 0.3) is 17.4 Å². The summed E-state index contributed by atoms with van der Waals surface area (Å²) in [5.74, 6) is 0.0955. The lowest BCUT2D eigenvalue weighted by Crippen LogP contribution is -2.74. The van der Waals surface area contributed by atoms with Gasteiger partial charge in [-0.05, 0) is 79.8 Å². The van der Waals surface area contributed by atoms with E-state index in [2.05, 4.69) is 70.3 Å². The first-order valence-electron chi connectivity index (χ1n) is 21.0. The minimum absolute atomic E-state index is 0.0689. The van der Waals surface area contributed by atoms with Crippen molar-refractivity contribution in [3.8, 4) is 17.9 Å². The summed E-state index contributed by atoms with van der Waals surface area (Å²) >= 11 is 6.26. The number of aromatic nitrogens is 2. The van der Waals surface area contributed by atoms with Crippen LogP contribution >= 0.6 is 11.6 Å². The van der Waals surface area contributed by atoms with Crippen LogP contribution < -0.4 is 30.7 Å². The Labute approximate surface area is 360 Å². The van der Waals surface area contributed by atoms with Crippen molar-refractivity contribution >= 4 is 51.5 Å². The quantitative estimate of drug-likeness (QED) is 0.206. The number of nitrogens with zero attached hydrogens (tertiary/aromatic N) is 7. The zero-order valence-electron chi connectivity index (χ0n) is 34.9. The third-order valence-corrected chi connectivity index (χ3v) is 13.6. The third kappa shape index (κ3) is 8.03. The molecule has 0 radical (unpaired) electrons. The van der Waals surface area contributed by atoms with Crippen LogP contribution in [-0.4, -0.2) is 90.4 Å². The van der Waals surface area contributed by atoms with Crippen molar-refractivity contribution in [3.63, 3.8) is 0 Å². The number of fused-ring (bicyclic) bond motifs is 1. The molecular formula is C46H50ClN9O5. The third-order valence-electron chi connectivity index (χ3n) is 13.3. The van der Waals surface area contributed by atoms with E-state index in [-0.39, 0.29) is 53.3 Å². The second kappa shape index (κ2) is 16.5. The zero-order valence-corrected chi connectivity index (χ0v) is 35.7. The molecular weight excluding hydrogens is 794 g/mol. The molecule has 4 aromatic rings. The van der Waals surface area contributed by atoms with Crippen molar-refractivity contribution in [2.24, 2.45) is 16.7 Å². The standard InChI is InChI=1S/C46H50ClN9O5/c1-45(2)43(46(3,4)44(45)61-33-11-7-30(25-48)36(47)24-33)51-40(58)29-5-8-31(9-6-29)54-17-15-28(16-18-54)27-53-19-21-55(22-20-53)32-10-12-34-35(23-32)37(26-49)52-56(42(34)60)38-13-14-39(57)50-41(38)59/h5-12,23-24,28,38,43-44H,13-22,27H2,1-4H3,(H,51,58)(H,50,57,59). The number of rotatable bonds is 9. The first kappa shape index (κ1) is 41.8. The average molecular weight is 844 g/mol. The van der Waals surface area contributed by atoms with E-state index < -0.39 is 17.5 Å². The Morgan fingerprint density at radius 3 is 2.16 bits per heavy atom. The Hall–Kier alpha value is -5.96. The molecule has 0 spiro atoms. The monoisotopic (exact) mass is 843 g/mol. The molecule has 4 aliphatic rings. The van der Waals surface area contributed by atoms with Gasteiger partial charge in [-0.3, -0.25) is 29.4 Å². The number of hydrogen-bond acceptors (Lipinski definition) is 11. The molecule has 316 valence electrons. The molecule has 61 heavy (non-hydrogen) atoms. The molecule has 3 aliphatic heterocycles. The van der Waals surface area contributed by atoms with Crippen LogP contribution in [0.1, 0.15) is 81.0 Å². The van der Waals surface area contributed by atoms with Crippen molar-refractivity contribution in [2.45, 2.75) is 71.6 Å². The fraction of sp³-hybridized carbons (Fsp3) is 0.457. The molecule has 1 unspecified atom stereocenters. The maximum atomic E-state index is 13.5. The van der Waals surface area contributed by atoms with Gasteiger partial charge in [-0.1, -0.05) is 39.3 Å². The van der Waals surface area contributed by atoms with Crippen LogP contribution in [0.5, 0.6) is 5.75 Å². The van der Waals surface area contributed by atoms with Crippen molar-refractivity contribution in [2.75, 3.05) is 55.6 Å². The van der Waals surface area contributed by atoms with Gasteiger partial charge in [0.05, 0.1) is 16.0 Å². The van der Waals surface area contributed by atoms with E-state index in [9.17, 15) is 29.7 Å². The second-order valence-corrected chi connectivity index (χ2v) is 18.4. The SMILES string of the molecule is CC1(C)C(NC(=O)c2ccc(N3CCC(CN4CCN(c5ccc6c(=O)n(C7CCC(=O)NC7=O)nc(C#N)c6c5)CC4)CC3)cc2)C(C)(C)C1Oc1ccc(C#N)c(Cl)c1. The molecule has 8 rings (SSSR count). The molecule has 0 bridgehead atoms. The van der Waals surface area contributed by atoms with Gasteiger partial charge >= 0.3 is 0 Å². The highest BCUT2D eigenvalue weighted by atomic mass is 35.5. The molecule has 2 N–H and O–H groups in total. The molecule has 1 aliphatic carbocycles. The number of nitrogens with one attached hydrogen (secondary N) is 2. The van der Waals surface area contributed by atoms with Gasteiger partial charge in [0, 0.05) is 97.5 Å². The maximum absolute atomic E-state index is 13.5. The summed E-state index contributed by atoms with van der Waals surface area (Å²) in [5, 5.41) is 30.1. The Bertz CT molecular complexity index is 2510. The number of carbonyl (C=O) groups is 3. The fourth-order valence-corrected chi connectivity index (χ4v) is 10.4. The van der Waals surface area contributed by atoms with Crippen molar-refractivity contribution in [1.82, 2.24) is 25.3 Å². The number of amides is 3. The predicted octanol–water partition coefficient (Wildman–Crippen LogP) is 5.42. The second-order valence-electron chi connectivity index (χ2n) is 18.0. The lowest BCUT2D eigenvalue weighted by atomic mass is 9.49. The molecule has 1 saturated carbocycles. The van der Waals surface area contributed by atoms with E-state index in [1.807, 2.05) is 36.4 Å². The van der Waals surface area contributed by atoms with E-state index in [4.69, 9.17) is 16.3 Å². The summed E-state index contributed by atoms with van der Waals surface area (Å²) in [6.45, 7) is 14.7. The van der Waals surface area contributed by atoms with Crippen molar-refractivity contribution < 1.29 is 19.1 Å². The summed E-state index contributed by atoms with van der Waals surface area (Å²) in [5.41, 5.74) is 1.95. The number of ether oxygens (including phenoxy) is 1. The van der Waals surface area contributed by atoms with Gasteiger partial charge < -0.3 is 19.9 Å². The smallest absolute Gasteiger partial charge is 0.275 e. The molecule has 4 heterocycles. The molecule has 1 aromatic heterocycles. The summed E-state index contributed by atoms with van der Waals surface area (Å²) in [6, 6.07) is 21.6. The Morgan fingerprint density at radius 1 is 0.852 bits per heavy atom. The van der Waals surface area contributed by atoms with Gasteiger partial charge in [0.1, 0.15) is 30.0 Å². The van der Waals surface area contributed by atoms with Gasteiger partial charge in [0.15, 0.2) is 5.69 Å². The van der Waals surface area contributed by atoms with E-state index in [1.165, 1.54) is 0 Å². The highest BCUT2D eigenvalue weighted by molar-refractivity contribution is 6.31. The van der Waals surface area contributed by atoms with E-state index in [0.29, 0.717) is 38.6 Å². The number of halogens is 1. The van der Waals surface area contributed by atoms with Crippen LogP contribution in [0.2, 0.25) is 5.02 Å². The fourth-order valence-electron chi connectivity index (χ4n) is 10.2. The molecule has 14 nitrogen and oxygen atoms in total. The number of carbonyl (C=O) groups excluding carboxylic acids is 3. The van der Waals surface area contributed by atoms with Gasteiger partial charge in [-0.25, -0.2) is 4.68 Å². The van der Waals surface area contributed by atoms with Crippen molar-refractivity contribution in [1.29, 1.82) is 10.5 Å². The lowest BCUT2D eigenvalue weighted by molar-refractivity contribution is -0.164. The summed E-state index contributed by atoms with van der Waals surface area (Å²) in [6.07, 6.45) is 2.24. The zero-order chi connectivity index (χ0) is 43.2. The normalized spacial score (nSPS) is 22.8. The van der Waals surface area contributed by atoms with Crippen LogP contribution in [0, 0.1) is 39.4 Å². The summed E-state index contributed by atoms with van der Waals surface area (Å²) < 4.78 is 7.43. The van der Waals surface area contributed by atoms with Gasteiger partial charge in [0.2, 0.25) is 5.91 Å². The average Bonchev–Trinajstić information content (AvgIpc) is 3.25. The first-order valence-corrected chi connectivity index (χ1v) is 21.4. The highest BCUT2D eigenvalue weighted by Gasteiger charge is 2.64. The number of benzene rings is 3. The highest BCUT2D eigenvalue weighted by Crippen LogP contribution is 2.55. The van der Waals surface area contributed by atoms with Crippen LogP contribution in [-0.2, 0) is 9.59 Å². The minimum Gasteiger partial charge on any atom is -0.489 e. The molecule has 3 saturated heterocycles. The van der Waals surface area contributed by atoms with Crippen LogP contribution in [0.15, 0.2) is 65.5 Å². The molecule has 3 amide bonds.